The molecule has 142 valence electrons. The molecule has 0 aliphatic heterocycles. The van der Waals surface area contributed by atoms with Crippen LogP contribution in [0.25, 0.3) is 5.69 Å². The van der Waals surface area contributed by atoms with Crippen LogP contribution in [0.15, 0.2) is 58.3 Å². The Hall–Kier alpha value is -3.09. The van der Waals surface area contributed by atoms with Crippen molar-refractivity contribution in [2.75, 3.05) is 6.54 Å². The standard InChI is InChI=1S/C20H26N6O/c1-4-21-20(23-13-18-10-19(15(2)3)25-27-18)22-11-16-12-24-26(14-16)17-8-6-5-7-9-17/h5-10,12,14-15H,4,11,13H2,1-3H3,(H2,21,22,23). The molecule has 0 radical (unpaired) electrons. The molecule has 0 fully saturated rings. The van der Waals surface area contributed by atoms with Crippen LogP contribution in [0, 0.1) is 0 Å². The molecule has 0 aliphatic carbocycles. The van der Waals surface area contributed by atoms with Crippen LogP contribution in [-0.4, -0.2) is 27.4 Å². The molecule has 0 unspecified atom stereocenters. The fourth-order valence-electron chi connectivity index (χ4n) is 2.53. The van der Waals surface area contributed by atoms with Gasteiger partial charge in [-0.15, -0.1) is 0 Å². The zero-order chi connectivity index (χ0) is 19.1. The van der Waals surface area contributed by atoms with Gasteiger partial charge >= 0.3 is 0 Å². The topological polar surface area (TPSA) is 80.3 Å². The zero-order valence-corrected chi connectivity index (χ0v) is 16.0. The molecule has 0 aliphatic rings. The number of hydrogen-bond acceptors (Lipinski definition) is 4. The molecule has 0 amide bonds. The van der Waals surface area contributed by atoms with Crippen LogP contribution in [0.1, 0.15) is 43.7 Å². The van der Waals surface area contributed by atoms with E-state index in [0.29, 0.717) is 19.0 Å². The number of benzene rings is 1. The molecule has 3 aromatic rings. The summed E-state index contributed by atoms with van der Waals surface area (Å²) in [7, 11) is 0. The molecule has 7 heteroatoms. The SMILES string of the molecule is CCNC(=NCc1cnn(-c2ccccc2)c1)NCc1cc(C(C)C)no1. The zero-order valence-electron chi connectivity index (χ0n) is 16.0. The van der Waals surface area contributed by atoms with E-state index in [2.05, 4.69) is 39.7 Å². The lowest BCUT2D eigenvalue weighted by molar-refractivity contribution is 0.372. The number of nitrogens with zero attached hydrogens (tertiary/aromatic N) is 4. The van der Waals surface area contributed by atoms with Crippen molar-refractivity contribution in [1.82, 2.24) is 25.6 Å². The molecule has 0 bridgehead atoms. The number of rotatable bonds is 7. The number of hydrogen-bond donors (Lipinski definition) is 2. The summed E-state index contributed by atoms with van der Waals surface area (Å²) in [4.78, 5) is 4.63. The van der Waals surface area contributed by atoms with Crippen LogP contribution < -0.4 is 10.6 Å². The summed E-state index contributed by atoms with van der Waals surface area (Å²) in [6.07, 6.45) is 3.83. The summed E-state index contributed by atoms with van der Waals surface area (Å²) in [6.45, 7) is 8.08. The second kappa shape index (κ2) is 9.02. The monoisotopic (exact) mass is 366 g/mol. The average Bonchev–Trinajstić information content (AvgIpc) is 3.34. The molecule has 2 aromatic heterocycles. The quantitative estimate of drug-likeness (QED) is 0.496. The van der Waals surface area contributed by atoms with Gasteiger partial charge in [0, 0.05) is 24.4 Å². The fraction of sp³-hybridized carbons (Fsp3) is 0.350. The van der Waals surface area contributed by atoms with Gasteiger partial charge < -0.3 is 15.2 Å². The first-order valence-electron chi connectivity index (χ1n) is 9.22. The van der Waals surface area contributed by atoms with Crippen LogP contribution in [0.2, 0.25) is 0 Å². The van der Waals surface area contributed by atoms with E-state index in [0.717, 1.165) is 35.2 Å². The normalized spacial score (nSPS) is 11.8. The molecule has 2 heterocycles. The van der Waals surface area contributed by atoms with Crippen molar-refractivity contribution < 1.29 is 4.52 Å². The van der Waals surface area contributed by atoms with Crippen molar-refractivity contribution >= 4 is 5.96 Å². The highest BCUT2D eigenvalue weighted by atomic mass is 16.5. The average molecular weight is 366 g/mol. The van der Waals surface area contributed by atoms with E-state index in [1.807, 2.05) is 60.4 Å². The lowest BCUT2D eigenvalue weighted by Gasteiger charge is -2.09. The molecule has 0 saturated heterocycles. The molecule has 3 rings (SSSR count). The number of nitrogens with one attached hydrogen (secondary N) is 2. The lowest BCUT2D eigenvalue weighted by atomic mass is 10.1. The van der Waals surface area contributed by atoms with Gasteiger partial charge in [-0.1, -0.05) is 37.2 Å². The summed E-state index contributed by atoms with van der Waals surface area (Å²) in [5, 5.41) is 15.0. The minimum Gasteiger partial charge on any atom is -0.359 e. The Balaban J connectivity index is 1.61. The highest BCUT2D eigenvalue weighted by Gasteiger charge is 2.08. The molecule has 0 atom stereocenters. The first kappa shape index (κ1) is 18.7. The van der Waals surface area contributed by atoms with Gasteiger partial charge in [0.25, 0.3) is 0 Å². The summed E-state index contributed by atoms with van der Waals surface area (Å²) in [5.74, 6) is 1.87. The summed E-state index contributed by atoms with van der Waals surface area (Å²) in [6, 6.07) is 12.0. The summed E-state index contributed by atoms with van der Waals surface area (Å²) < 4.78 is 7.22. The van der Waals surface area contributed by atoms with Crippen LogP contribution in [0.3, 0.4) is 0 Å². The molecule has 0 spiro atoms. The van der Waals surface area contributed by atoms with Gasteiger partial charge in [-0.25, -0.2) is 9.67 Å². The highest BCUT2D eigenvalue weighted by molar-refractivity contribution is 5.79. The van der Waals surface area contributed by atoms with Crippen LogP contribution in [0.5, 0.6) is 0 Å². The first-order chi connectivity index (χ1) is 13.2. The lowest BCUT2D eigenvalue weighted by Crippen LogP contribution is -2.36. The van der Waals surface area contributed by atoms with Crippen molar-refractivity contribution in [3.05, 3.63) is 65.8 Å². The molecular formula is C20H26N6O. The number of para-hydroxylation sites is 1. The minimum absolute atomic E-state index is 0.352. The van der Waals surface area contributed by atoms with Gasteiger partial charge in [0.2, 0.25) is 0 Å². The van der Waals surface area contributed by atoms with E-state index in [-0.39, 0.29) is 0 Å². The van der Waals surface area contributed by atoms with Gasteiger partial charge in [0.05, 0.1) is 30.7 Å². The Labute approximate surface area is 159 Å². The molecule has 1 aromatic carbocycles. The third-order valence-electron chi connectivity index (χ3n) is 4.02. The second-order valence-corrected chi connectivity index (χ2v) is 6.55. The van der Waals surface area contributed by atoms with Crippen molar-refractivity contribution in [3.8, 4) is 5.69 Å². The van der Waals surface area contributed by atoms with Crippen molar-refractivity contribution in [2.24, 2.45) is 4.99 Å². The molecular weight excluding hydrogens is 340 g/mol. The third-order valence-corrected chi connectivity index (χ3v) is 4.02. The van der Waals surface area contributed by atoms with Crippen molar-refractivity contribution in [1.29, 1.82) is 0 Å². The smallest absolute Gasteiger partial charge is 0.191 e. The Kier molecular flexibility index (Phi) is 6.25. The number of aliphatic imine (C=N–C) groups is 1. The molecule has 27 heavy (non-hydrogen) atoms. The van der Waals surface area contributed by atoms with Crippen LogP contribution >= 0.6 is 0 Å². The van der Waals surface area contributed by atoms with Gasteiger partial charge in [-0.2, -0.15) is 5.10 Å². The number of guanidine groups is 1. The number of aromatic nitrogens is 3. The summed E-state index contributed by atoms with van der Waals surface area (Å²) >= 11 is 0. The van der Waals surface area contributed by atoms with Crippen molar-refractivity contribution in [2.45, 2.75) is 39.8 Å². The fourth-order valence-corrected chi connectivity index (χ4v) is 2.53. The van der Waals surface area contributed by atoms with E-state index >= 15 is 0 Å². The Morgan fingerprint density at radius 2 is 2.04 bits per heavy atom. The molecule has 2 N–H and O–H groups in total. The maximum absolute atomic E-state index is 5.36. The van der Waals surface area contributed by atoms with Gasteiger partial charge in [0.1, 0.15) is 0 Å². The maximum Gasteiger partial charge on any atom is 0.191 e. The van der Waals surface area contributed by atoms with E-state index in [9.17, 15) is 0 Å². The van der Waals surface area contributed by atoms with Crippen LogP contribution in [-0.2, 0) is 13.1 Å². The molecule has 0 saturated carbocycles. The highest BCUT2D eigenvalue weighted by Crippen LogP contribution is 2.13. The second-order valence-electron chi connectivity index (χ2n) is 6.55. The Morgan fingerprint density at radius 3 is 2.74 bits per heavy atom. The van der Waals surface area contributed by atoms with E-state index in [1.54, 1.807) is 0 Å². The van der Waals surface area contributed by atoms with E-state index in [1.165, 1.54) is 0 Å². The largest absolute Gasteiger partial charge is 0.359 e. The van der Waals surface area contributed by atoms with Crippen molar-refractivity contribution in [3.63, 3.8) is 0 Å². The molecule has 7 nitrogen and oxygen atoms in total. The Bertz CT molecular complexity index is 865. The van der Waals surface area contributed by atoms with Gasteiger partial charge in [0.15, 0.2) is 11.7 Å². The predicted octanol–water partition coefficient (Wildman–Crippen LogP) is 3.24. The predicted molar refractivity (Wildman–Crippen MR) is 106 cm³/mol. The third kappa shape index (κ3) is 5.20. The summed E-state index contributed by atoms with van der Waals surface area (Å²) in [5.41, 5.74) is 3.03. The van der Waals surface area contributed by atoms with E-state index < -0.39 is 0 Å². The van der Waals surface area contributed by atoms with Gasteiger partial charge in [-0.3, -0.25) is 0 Å². The minimum atomic E-state index is 0.352. The van der Waals surface area contributed by atoms with Crippen LogP contribution in [0.4, 0.5) is 0 Å². The maximum atomic E-state index is 5.36. The van der Waals surface area contributed by atoms with E-state index in [4.69, 9.17) is 4.52 Å². The first-order valence-corrected chi connectivity index (χ1v) is 9.22. The Morgan fingerprint density at radius 1 is 1.22 bits per heavy atom. The van der Waals surface area contributed by atoms with Gasteiger partial charge in [-0.05, 0) is 25.0 Å².